The molecule has 0 saturated heterocycles. The zero-order valence-corrected chi connectivity index (χ0v) is 12.7. The Morgan fingerprint density at radius 1 is 1.30 bits per heavy atom. The molecule has 112 valence electrons. The first kappa shape index (κ1) is 16.5. The van der Waals surface area contributed by atoms with Crippen LogP contribution in [0.3, 0.4) is 0 Å². The van der Waals surface area contributed by atoms with E-state index in [9.17, 15) is 13.2 Å². The van der Waals surface area contributed by atoms with Crippen molar-refractivity contribution in [2.75, 3.05) is 37.9 Å². The standard InChI is InChI=1S/C13H20N2O4S/c1-15(20(3,17)18)12-6-4-11(5-7-12)10-13(16)14-8-9-19-2/h4-7H,8-10H2,1-3H3,(H,14,16). The van der Waals surface area contributed by atoms with Gasteiger partial charge in [-0.3, -0.25) is 9.10 Å². The number of methoxy groups -OCH3 is 1. The van der Waals surface area contributed by atoms with Crippen molar-refractivity contribution in [3.63, 3.8) is 0 Å². The number of carbonyl (C=O) groups excluding carboxylic acids is 1. The van der Waals surface area contributed by atoms with Crippen molar-refractivity contribution in [1.82, 2.24) is 5.32 Å². The number of benzene rings is 1. The molecule has 0 unspecified atom stereocenters. The van der Waals surface area contributed by atoms with E-state index in [2.05, 4.69) is 5.32 Å². The number of hydrogen-bond acceptors (Lipinski definition) is 4. The molecule has 6 nitrogen and oxygen atoms in total. The van der Waals surface area contributed by atoms with Gasteiger partial charge in [-0.05, 0) is 17.7 Å². The number of hydrogen-bond donors (Lipinski definition) is 1. The first-order chi connectivity index (χ1) is 9.34. The molecule has 0 atom stereocenters. The predicted octanol–water partition coefficient (Wildman–Crippen LogP) is 0.387. The van der Waals surface area contributed by atoms with Gasteiger partial charge in [-0.1, -0.05) is 12.1 Å². The van der Waals surface area contributed by atoms with E-state index in [0.717, 1.165) is 11.8 Å². The lowest BCUT2D eigenvalue weighted by atomic mass is 10.1. The number of nitrogens with zero attached hydrogens (tertiary/aromatic N) is 1. The van der Waals surface area contributed by atoms with E-state index in [1.54, 1.807) is 31.4 Å². The van der Waals surface area contributed by atoms with E-state index in [1.165, 1.54) is 11.4 Å². The molecule has 0 spiro atoms. The molecular formula is C13H20N2O4S. The van der Waals surface area contributed by atoms with Gasteiger partial charge < -0.3 is 10.1 Å². The van der Waals surface area contributed by atoms with Crippen LogP contribution in [0.5, 0.6) is 0 Å². The molecule has 0 bridgehead atoms. The maximum absolute atomic E-state index is 11.6. The molecule has 0 fully saturated rings. The van der Waals surface area contributed by atoms with Crippen LogP contribution in [0.1, 0.15) is 5.56 Å². The molecule has 0 aliphatic rings. The van der Waals surface area contributed by atoms with Crippen molar-refractivity contribution in [3.05, 3.63) is 29.8 Å². The molecule has 1 amide bonds. The molecule has 1 N–H and O–H groups in total. The van der Waals surface area contributed by atoms with Crippen molar-refractivity contribution in [1.29, 1.82) is 0 Å². The van der Waals surface area contributed by atoms with Gasteiger partial charge in [0.05, 0.1) is 25.0 Å². The number of nitrogens with one attached hydrogen (secondary N) is 1. The van der Waals surface area contributed by atoms with Gasteiger partial charge >= 0.3 is 0 Å². The van der Waals surface area contributed by atoms with Crippen molar-refractivity contribution in [2.45, 2.75) is 6.42 Å². The fourth-order valence-corrected chi connectivity index (χ4v) is 2.06. The first-order valence-electron chi connectivity index (χ1n) is 6.13. The third kappa shape index (κ3) is 5.18. The smallest absolute Gasteiger partial charge is 0.231 e. The summed E-state index contributed by atoms with van der Waals surface area (Å²) >= 11 is 0. The Bertz CT molecular complexity index is 540. The number of ether oxygens (including phenoxy) is 1. The highest BCUT2D eigenvalue weighted by atomic mass is 32.2. The Labute approximate surface area is 119 Å². The molecule has 1 rings (SSSR count). The van der Waals surface area contributed by atoms with Crippen LogP contribution in [0.25, 0.3) is 0 Å². The van der Waals surface area contributed by atoms with Gasteiger partial charge in [0.2, 0.25) is 15.9 Å². The highest BCUT2D eigenvalue weighted by molar-refractivity contribution is 7.92. The fourth-order valence-electron chi connectivity index (χ4n) is 1.56. The summed E-state index contributed by atoms with van der Waals surface area (Å²) in [4.78, 5) is 11.6. The van der Waals surface area contributed by atoms with Gasteiger partial charge in [0.15, 0.2) is 0 Å². The third-order valence-electron chi connectivity index (χ3n) is 2.79. The minimum atomic E-state index is -3.27. The monoisotopic (exact) mass is 300 g/mol. The summed E-state index contributed by atoms with van der Waals surface area (Å²) in [7, 11) is -0.206. The summed E-state index contributed by atoms with van der Waals surface area (Å²) in [5.41, 5.74) is 1.39. The molecule has 0 saturated carbocycles. The van der Waals surface area contributed by atoms with E-state index in [-0.39, 0.29) is 12.3 Å². The lowest BCUT2D eigenvalue weighted by molar-refractivity contribution is -0.120. The third-order valence-corrected chi connectivity index (χ3v) is 4.00. The van der Waals surface area contributed by atoms with E-state index in [4.69, 9.17) is 4.74 Å². The van der Waals surface area contributed by atoms with E-state index >= 15 is 0 Å². The maximum atomic E-state index is 11.6. The molecule has 20 heavy (non-hydrogen) atoms. The fraction of sp³-hybridized carbons (Fsp3) is 0.462. The molecular weight excluding hydrogens is 280 g/mol. The van der Waals surface area contributed by atoms with Crippen LogP contribution in [0.4, 0.5) is 5.69 Å². The normalized spacial score (nSPS) is 11.2. The van der Waals surface area contributed by atoms with Crippen molar-refractivity contribution >= 4 is 21.6 Å². The lowest BCUT2D eigenvalue weighted by Gasteiger charge is -2.16. The van der Waals surface area contributed by atoms with Crippen LogP contribution in [-0.2, 0) is 26.0 Å². The van der Waals surface area contributed by atoms with Crippen molar-refractivity contribution in [2.24, 2.45) is 0 Å². The Morgan fingerprint density at radius 2 is 1.90 bits per heavy atom. The van der Waals surface area contributed by atoms with Crippen LogP contribution in [-0.4, -0.2) is 47.9 Å². The van der Waals surface area contributed by atoms with Gasteiger partial charge in [0.1, 0.15) is 0 Å². The quantitative estimate of drug-likeness (QED) is 0.739. The van der Waals surface area contributed by atoms with Gasteiger partial charge in [-0.25, -0.2) is 8.42 Å². The second kappa shape index (κ2) is 7.25. The zero-order valence-electron chi connectivity index (χ0n) is 11.9. The van der Waals surface area contributed by atoms with Crippen LogP contribution in [0.2, 0.25) is 0 Å². The molecule has 7 heteroatoms. The Hall–Kier alpha value is -1.60. The second-order valence-electron chi connectivity index (χ2n) is 4.42. The highest BCUT2D eigenvalue weighted by Gasteiger charge is 2.11. The van der Waals surface area contributed by atoms with Crippen LogP contribution in [0.15, 0.2) is 24.3 Å². The van der Waals surface area contributed by atoms with Gasteiger partial charge in [0, 0.05) is 20.7 Å². The summed E-state index contributed by atoms with van der Waals surface area (Å²) in [5.74, 6) is -0.0914. The molecule has 1 aromatic carbocycles. The SMILES string of the molecule is COCCNC(=O)Cc1ccc(N(C)S(C)(=O)=O)cc1. The Balaban J connectivity index is 2.61. The number of anilines is 1. The second-order valence-corrected chi connectivity index (χ2v) is 6.43. The number of rotatable bonds is 7. The molecule has 0 aliphatic heterocycles. The molecule has 1 aromatic rings. The van der Waals surface area contributed by atoms with Gasteiger partial charge in [-0.2, -0.15) is 0 Å². The van der Waals surface area contributed by atoms with Crippen LogP contribution >= 0.6 is 0 Å². The minimum Gasteiger partial charge on any atom is -0.383 e. The topological polar surface area (TPSA) is 75.7 Å². The maximum Gasteiger partial charge on any atom is 0.231 e. The highest BCUT2D eigenvalue weighted by Crippen LogP contribution is 2.16. The first-order valence-corrected chi connectivity index (χ1v) is 7.98. The summed E-state index contributed by atoms with van der Waals surface area (Å²) < 4.78 is 28.8. The molecule has 0 heterocycles. The average Bonchev–Trinajstić information content (AvgIpc) is 2.38. The van der Waals surface area contributed by atoms with Crippen LogP contribution < -0.4 is 9.62 Å². The number of amides is 1. The van der Waals surface area contributed by atoms with Crippen molar-refractivity contribution in [3.8, 4) is 0 Å². The van der Waals surface area contributed by atoms with E-state index in [1.807, 2.05) is 0 Å². The largest absolute Gasteiger partial charge is 0.383 e. The molecule has 0 aliphatic carbocycles. The number of sulfonamides is 1. The average molecular weight is 300 g/mol. The lowest BCUT2D eigenvalue weighted by Crippen LogP contribution is -2.28. The Morgan fingerprint density at radius 3 is 2.40 bits per heavy atom. The molecule has 0 radical (unpaired) electrons. The number of carbonyl (C=O) groups is 1. The zero-order chi connectivity index (χ0) is 15.2. The predicted molar refractivity (Wildman–Crippen MR) is 78.3 cm³/mol. The Kier molecular flexibility index (Phi) is 5.97. The van der Waals surface area contributed by atoms with Gasteiger partial charge in [-0.15, -0.1) is 0 Å². The van der Waals surface area contributed by atoms with Crippen molar-refractivity contribution < 1.29 is 17.9 Å². The van der Waals surface area contributed by atoms with E-state index in [0.29, 0.717) is 18.8 Å². The summed E-state index contributed by atoms with van der Waals surface area (Å²) in [6.07, 6.45) is 1.40. The summed E-state index contributed by atoms with van der Waals surface area (Å²) in [5, 5.41) is 2.72. The summed E-state index contributed by atoms with van der Waals surface area (Å²) in [6.45, 7) is 0.952. The molecule has 0 aromatic heterocycles. The minimum absolute atomic E-state index is 0.0914. The van der Waals surface area contributed by atoms with E-state index < -0.39 is 10.0 Å². The van der Waals surface area contributed by atoms with Gasteiger partial charge in [0.25, 0.3) is 0 Å². The summed E-state index contributed by atoms with van der Waals surface area (Å²) in [6, 6.07) is 6.84. The van der Waals surface area contributed by atoms with Crippen LogP contribution in [0, 0.1) is 0 Å².